The van der Waals surface area contributed by atoms with Crippen LogP contribution in [-0.4, -0.2) is 36.7 Å². The zero-order valence-corrected chi connectivity index (χ0v) is 14.0. The first-order chi connectivity index (χ1) is 6.31. The summed E-state index contributed by atoms with van der Waals surface area (Å²) in [5, 5.41) is 0. The van der Waals surface area contributed by atoms with Crippen molar-refractivity contribution in [2.75, 3.05) is 13.2 Å². The van der Waals surface area contributed by atoms with Gasteiger partial charge in [0.25, 0.3) is 0 Å². The van der Waals surface area contributed by atoms with Crippen LogP contribution in [0, 0.1) is 0 Å². The molecule has 0 aliphatic rings. The Morgan fingerprint density at radius 2 is 1.29 bits per heavy atom. The van der Waals surface area contributed by atoms with E-state index in [0.717, 1.165) is 13.2 Å². The molecule has 5 heteroatoms. The first kappa shape index (κ1) is 14.6. The topological polar surface area (TPSA) is 18.5 Å². The maximum Gasteiger partial charge on any atom is 0.309 e. The molecular weight excluding hydrogens is 224 g/mol. The van der Waals surface area contributed by atoms with Crippen molar-refractivity contribution in [3.63, 3.8) is 0 Å². The fourth-order valence-corrected chi connectivity index (χ4v) is 21.6. The van der Waals surface area contributed by atoms with Crippen molar-refractivity contribution in [2.45, 2.75) is 46.6 Å². The Labute approximate surface area is 92.4 Å². The van der Waals surface area contributed by atoms with Gasteiger partial charge >= 0.3 is 8.08 Å². The molecule has 0 rings (SSSR count). The minimum atomic E-state index is -1.84. The Kier molecular flexibility index (Phi) is 5.83. The van der Waals surface area contributed by atoms with Gasteiger partial charge in [-0.05, 0) is 20.4 Å². The lowest BCUT2D eigenvalue weighted by Gasteiger charge is -2.41. The van der Waals surface area contributed by atoms with Gasteiger partial charge in [-0.15, -0.1) is 0 Å². The van der Waals surface area contributed by atoms with Crippen molar-refractivity contribution < 1.29 is 8.85 Å². The van der Waals surface area contributed by atoms with Gasteiger partial charge in [0.05, 0.1) is 7.11 Å². The highest BCUT2D eigenvalue weighted by atomic mass is 29.6. The van der Waals surface area contributed by atoms with Crippen molar-refractivity contribution in [1.29, 1.82) is 0 Å². The van der Waals surface area contributed by atoms with Crippen molar-refractivity contribution in [1.82, 2.24) is 0 Å². The molecule has 86 valence electrons. The predicted molar refractivity (Wildman–Crippen MR) is 71.2 cm³/mol. The molecule has 0 aromatic heterocycles. The molecule has 2 nitrogen and oxygen atoms in total. The summed E-state index contributed by atoms with van der Waals surface area (Å²) in [6, 6.07) is 0. The van der Waals surface area contributed by atoms with E-state index in [2.05, 4.69) is 46.6 Å². The van der Waals surface area contributed by atoms with Gasteiger partial charge in [0.2, 0.25) is 0 Å². The molecule has 14 heavy (non-hydrogen) atoms. The van der Waals surface area contributed by atoms with Gasteiger partial charge in [-0.1, -0.05) is 26.2 Å². The van der Waals surface area contributed by atoms with Gasteiger partial charge < -0.3 is 8.85 Å². The van der Waals surface area contributed by atoms with Crippen LogP contribution in [0.3, 0.4) is 0 Å². The fourth-order valence-electron chi connectivity index (χ4n) is 1.49. The van der Waals surface area contributed by atoms with Crippen LogP contribution >= 0.6 is 0 Å². The first-order valence-electron chi connectivity index (χ1n) is 5.59. The summed E-state index contributed by atoms with van der Waals surface area (Å²) >= 11 is 0. The van der Waals surface area contributed by atoms with Gasteiger partial charge in [0.15, 0.2) is 0 Å². The largest absolute Gasteiger partial charge is 0.397 e. The van der Waals surface area contributed by atoms with Gasteiger partial charge in [-0.25, -0.2) is 0 Å². The summed E-state index contributed by atoms with van der Waals surface area (Å²) in [5.74, 6) is 0. The van der Waals surface area contributed by atoms with E-state index in [0.29, 0.717) is 0 Å². The fraction of sp³-hybridized carbons (Fsp3) is 1.00. The maximum absolute atomic E-state index is 6.01. The standard InChI is InChI=1S/C9H26O2Si3/c1-8-10-14(7,11-9-2)13(5,6)12(3)4/h12H,8-9H2,1-7H3. The predicted octanol–water partition coefficient (Wildman–Crippen LogP) is 2.48. The SMILES string of the molecule is CCO[Si](C)(OCC)[Si](C)(C)[SiH](C)C. The third kappa shape index (κ3) is 3.03. The molecule has 0 saturated heterocycles. The molecule has 0 aromatic carbocycles. The Morgan fingerprint density at radius 3 is 1.50 bits per heavy atom. The second kappa shape index (κ2) is 5.60. The highest BCUT2D eigenvalue weighted by molar-refractivity contribution is 7.61. The van der Waals surface area contributed by atoms with Crippen molar-refractivity contribution >= 4 is 23.5 Å². The van der Waals surface area contributed by atoms with E-state index in [9.17, 15) is 0 Å². The zero-order valence-electron chi connectivity index (χ0n) is 10.8. The molecule has 0 spiro atoms. The van der Waals surface area contributed by atoms with Crippen LogP contribution in [0.5, 0.6) is 0 Å². The zero-order chi connectivity index (χ0) is 11.4. The van der Waals surface area contributed by atoms with Crippen LogP contribution in [0.15, 0.2) is 0 Å². The summed E-state index contributed by atoms with van der Waals surface area (Å²) in [5.41, 5.74) is 0. The molecule has 0 aliphatic heterocycles. The number of hydrogen-bond donors (Lipinski definition) is 0. The van der Waals surface area contributed by atoms with Crippen LogP contribution in [0.25, 0.3) is 0 Å². The average Bonchev–Trinajstić information content (AvgIpc) is 2.04. The van der Waals surface area contributed by atoms with Gasteiger partial charge in [-0.3, -0.25) is 0 Å². The Morgan fingerprint density at radius 1 is 0.929 bits per heavy atom. The molecule has 0 unspecified atom stereocenters. The van der Waals surface area contributed by atoms with Gasteiger partial charge in [0, 0.05) is 21.5 Å². The van der Waals surface area contributed by atoms with Crippen molar-refractivity contribution in [3.05, 3.63) is 0 Å². The van der Waals surface area contributed by atoms with Crippen molar-refractivity contribution in [2.24, 2.45) is 0 Å². The highest BCUT2D eigenvalue weighted by Crippen LogP contribution is 2.24. The van der Waals surface area contributed by atoms with E-state index in [1.54, 1.807) is 0 Å². The quantitative estimate of drug-likeness (QED) is 0.674. The van der Waals surface area contributed by atoms with Crippen LogP contribution < -0.4 is 0 Å². The van der Waals surface area contributed by atoms with Gasteiger partial charge in [0.1, 0.15) is 0 Å². The third-order valence-electron chi connectivity index (χ3n) is 3.45. The summed E-state index contributed by atoms with van der Waals surface area (Å²) in [6.45, 7) is 17.8. The highest BCUT2D eigenvalue weighted by Gasteiger charge is 2.51. The monoisotopic (exact) mass is 250 g/mol. The Hall–Kier alpha value is 0.571. The maximum atomic E-state index is 6.01. The summed E-state index contributed by atoms with van der Waals surface area (Å²) in [4.78, 5) is 0. The second-order valence-electron chi connectivity index (χ2n) is 4.69. The lowest BCUT2D eigenvalue weighted by Crippen LogP contribution is -2.68. The third-order valence-corrected chi connectivity index (χ3v) is 36.8. The number of hydrogen-bond acceptors (Lipinski definition) is 2. The second-order valence-corrected chi connectivity index (χ2v) is 29.0. The summed E-state index contributed by atoms with van der Waals surface area (Å²) < 4.78 is 12.0. The molecule has 0 heterocycles. The molecule has 0 bridgehead atoms. The molecule has 0 radical (unpaired) electrons. The molecular formula is C9H26O2Si3. The molecule has 0 fully saturated rings. The Bertz CT molecular complexity index is 165. The lowest BCUT2D eigenvalue weighted by molar-refractivity contribution is 0.207. The summed E-state index contributed by atoms with van der Waals surface area (Å²) in [6.07, 6.45) is 0. The smallest absolute Gasteiger partial charge is 0.309 e. The van der Waals surface area contributed by atoms with Gasteiger partial charge in [-0.2, -0.15) is 0 Å². The van der Waals surface area contributed by atoms with Crippen LogP contribution in [0.2, 0.25) is 32.7 Å². The van der Waals surface area contributed by atoms with E-state index in [-0.39, 0.29) is 0 Å². The Balaban J connectivity index is 4.78. The van der Waals surface area contributed by atoms with E-state index in [1.165, 1.54) is 0 Å². The van der Waals surface area contributed by atoms with E-state index >= 15 is 0 Å². The minimum absolute atomic E-state index is 0.617. The molecule has 0 amide bonds. The van der Waals surface area contributed by atoms with Crippen LogP contribution in [0.1, 0.15) is 13.8 Å². The summed E-state index contributed by atoms with van der Waals surface area (Å²) in [7, 11) is -3.70. The molecule has 0 N–H and O–H groups in total. The lowest BCUT2D eigenvalue weighted by atomic mass is 10.9. The van der Waals surface area contributed by atoms with E-state index in [1.807, 2.05) is 0 Å². The van der Waals surface area contributed by atoms with E-state index < -0.39 is 23.5 Å². The molecule has 0 atom stereocenters. The van der Waals surface area contributed by atoms with Crippen molar-refractivity contribution in [3.8, 4) is 0 Å². The molecule has 0 saturated carbocycles. The number of rotatable bonds is 6. The van der Waals surface area contributed by atoms with Crippen LogP contribution in [-0.2, 0) is 8.85 Å². The molecule has 0 aromatic rings. The van der Waals surface area contributed by atoms with E-state index in [4.69, 9.17) is 8.85 Å². The van der Waals surface area contributed by atoms with Crippen LogP contribution in [0.4, 0.5) is 0 Å². The minimum Gasteiger partial charge on any atom is -0.397 e. The normalized spacial score (nSPS) is 13.7. The molecule has 0 aliphatic carbocycles. The first-order valence-corrected chi connectivity index (χ1v) is 16.0. The average molecular weight is 251 g/mol.